The van der Waals surface area contributed by atoms with Gasteiger partial charge in [0.25, 0.3) is 0 Å². The van der Waals surface area contributed by atoms with Crippen LogP contribution in [0.2, 0.25) is 0 Å². The number of amides is 2. The average molecular weight is 329 g/mol. The standard InChI is InChI=1S/C16H15N3O5/c20-12-5-6-17-8-11(12)19-16(22)15(21)18-7-10-9-23-13-3-1-2-4-14(13)24-10/h1-6,8,10H,7,9H2,(H,17,20)(H,18,21)(H,19,22)/t10-/m1/s1. The number of aromatic nitrogens is 1. The van der Waals surface area contributed by atoms with Gasteiger partial charge in [-0.15, -0.1) is 0 Å². The van der Waals surface area contributed by atoms with E-state index < -0.39 is 23.3 Å². The molecule has 0 bridgehead atoms. The summed E-state index contributed by atoms with van der Waals surface area (Å²) >= 11 is 0. The van der Waals surface area contributed by atoms with Crippen molar-refractivity contribution in [1.82, 2.24) is 10.3 Å². The van der Waals surface area contributed by atoms with Gasteiger partial charge in [0.2, 0.25) is 5.43 Å². The van der Waals surface area contributed by atoms with Gasteiger partial charge in [0.15, 0.2) is 11.5 Å². The second kappa shape index (κ2) is 6.86. The number of nitrogens with one attached hydrogen (secondary N) is 3. The van der Waals surface area contributed by atoms with Crippen molar-refractivity contribution in [3.05, 3.63) is 52.9 Å². The molecule has 0 fully saturated rings. The molecule has 0 saturated carbocycles. The number of pyridine rings is 1. The highest BCUT2D eigenvalue weighted by Gasteiger charge is 2.22. The van der Waals surface area contributed by atoms with Crippen LogP contribution in [0.4, 0.5) is 5.69 Å². The summed E-state index contributed by atoms with van der Waals surface area (Å²) in [4.78, 5) is 37.8. The molecule has 1 aromatic heterocycles. The van der Waals surface area contributed by atoms with Crippen LogP contribution in [0.5, 0.6) is 11.5 Å². The molecule has 3 rings (SSSR count). The summed E-state index contributed by atoms with van der Waals surface area (Å²) in [5.41, 5.74) is -0.389. The average Bonchev–Trinajstić information content (AvgIpc) is 2.61. The number of para-hydroxylation sites is 2. The Kier molecular flexibility index (Phi) is 4.46. The zero-order chi connectivity index (χ0) is 16.9. The highest BCUT2D eigenvalue weighted by atomic mass is 16.6. The summed E-state index contributed by atoms with van der Waals surface area (Å²) in [6.45, 7) is 0.364. The van der Waals surface area contributed by atoms with Gasteiger partial charge in [0, 0.05) is 18.5 Å². The van der Waals surface area contributed by atoms with Crippen LogP contribution in [-0.4, -0.2) is 36.1 Å². The third-order valence-electron chi connectivity index (χ3n) is 3.34. The molecule has 0 radical (unpaired) electrons. The van der Waals surface area contributed by atoms with E-state index in [0.29, 0.717) is 11.5 Å². The van der Waals surface area contributed by atoms with E-state index in [1.165, 1.54) is 18.5 Å². The zero-order valence-electron chi connectivity index (χ0n) is 12.6. The lowest BCUT2D eigenvalue weighted by molar-refractivity contribution is -0.136. The van der Waals surface area contributed by atoms with E-state index in [9.17, 15) is 14.4 Å². The van der Waals surface area contributed by atoms with Gasteiger partial charge < -0.3 is 25.1 Å². The summed E-state index contributed by atoms with van der Waals surface area (Å²) in [5.74, 6) is -0.561. The number of aromatic amines is 1. The van der Waals surface area contributed by atoms with Crippen LogP contribution >= 0.6 is 0 Å². The van der Waals surface area contributed by atoms with Gasteiger partial charge in [-0.3, -0.25) is 14.4 Å². The Morgan fingerprint density at radius 2 is 1.96 bits per heavy atom. The van der Waals surface area contributed by atoms with Crippen LogP contribution in [-0.2, 0) is 9.59 Å². The number of H-pyrrole nitrogens is 1. The molecule has 1 atom stereocenters. The van der Waals surface area contributed by atoms with Crippen molar-refractivity contribution in [3.63, 3.8) is 0 Å². The maximum absolute atomic E-state index is 11.8. The number of fused-ring (bicyclic) bond motifs is 1. The molecule has 2 heterocycles. The Hall–Kier alpha value is -3.29. The molecule has 1 aromatic carbocycles. The molecule has 124 valence electrons. The molecule has 0 unspecified atom stereocenters. The van der Waals surface area contributed by atoms with Gasteiger partial charge in [-0.05, 0) is 12.1 Å². The van der Waals surface area contributed by atoms with Crippen molar-refractivity contribution in [2.45, 2.75) is 6.10 Å². The third kappa shape index (κ3) is 3.54. The number of carbonyl (C=O) groups is 2. The van der Waals surface area contributed by atoms with E-state index in [2.05, 4.69) is 15.6 Å². The minimum absolute atomic E-state index is 0.00354. The minimum Gasteiger partial charge on any atom is -0.486 e. The third-order valence-corrected chi connectivity index (χ3v) is 3.34. The molecular weight excluding hydrogens is 314 g/mol. The number of ether oxygens (including phenoxy) is 2. The molecule has 2 aromatic rings. The largest absolute Gasteiger partial charge is 0.486 e. The summed E-state index contributed by atoms with van der Waals surface area (Å²) in [5, 5.41) is 4.70. The first kappa shape index (κ1) is 15.6. The lowest BCUT2D eigenvalue weighted by atomic mass is 10.2. The first-order valence-electron chi connectivity index (χ1n) is 7.28. The van der Waals surface area contributed by atoms with Gasteiger partial charge in [-0.25, -0.2) is 0 Å². The molecule has 24 heavy (non-hydrogen) atoms. The molecule has 0 aliphatic carbocycles. The zero-order valence-corrected chi connectivity index (χ0v) is 12.6. The Bertz CT molecular complexity index is 817. The fourth-order valence-corrected chi connectivity index (χ4v) is 2.14. The number of anilines is 1. The first-order chi connectivity index (χ1) is 11.6. The van der Waals surface area contributed by atoms with Crippen LogP contribution < -0.4 is 25.5 Å². The fourth-order valence-electron chi connectivity index (χ4n) is 2.14. The molecule has 1 aliphatic rings. The normalized spacial score (nSPS) is 15.4. The molecule has 2 amide bonds. The highest BCUT2D eigenvalue weighted by Crippen LogP contribution is 2.30. The Morgan fingerprint density at radius 3 is 2.75 bits per heavy atom. The quantitative estimate of drug-likeness (QED) is 0.700. The predicted octanol–water partition coefficient (Wildman–Crippen LogP) is 0.270. The summed E-state index contributed by atoms with van der Waals surface area (Å²) in [6.07, 6.45) is 2.33. The number of hydrogen-bond acceptors (Lipinski definition) is 5. The van der Waals surface area contributed by atoms with Gasteiger partial charge in [-0.1, -0.05) is 12.1 Å². The van der Waals surface area contributed by atoms with Crippen LogP contribution in [0.1, 0.15) is 0 Å². The van der Waals surface area contributed by atoms with E-state index in [0.717, 1.165) is 0 Å². The van der Waals surface area contributed by atoms with Crippen molar-refractivity contribution in [1.29, 1.82) is 0 Å². The Balaban J connectivity index is 1.52. The first-order valence-corrected chi connectivity index (χ1v) is 7.28. The maximum Gasteiger partial charge on any atom is 0.313 e. The van der Waals surface area contributed by atoms with Gasteiger partial charge >= 0.3 is 11.8 Å². The van der Waals surface area contributed by atoms with E-state index in [1.54, 1.807) is 12.1 Å². The van der Waals surface area contributed by atoms with E-state index >= 15 is 0 Å². The van der Waals surface area contributed by atoms with Gasteiger partial charge in [-0.2, -0.15) is 0 Å². The topological polar surface area (TPSA) is 110 Å². The van der Waals surface area contributed by atoms with Gasteiger partial charge in [0.1, 0.15) is 18.4 Å². The lowest BCUT2D eigenvalue weighted by Gasteiger charge is -2.26. The van der Waals surface area contributed by atoms with E-state index in [1.807, 2.05) is 12.1 Å². The van der Waals surface area contributed by atoms with Crippen molar-refractivity contribution < 1.29 is 19.1 Å². The number of hydrogen-bond donors (Lipinski definition) is 3. The molecule has 3 N–H and O–H groups in total. The van der Waals surface area contributed by atoms with Crippen molar-refractivity contribution >= 4 is 17.5 Å². The van der Waals surface area contributed by atoms with E-state index in [4.69, 9.17) is 9.47 Å². The van der Waals surface area contributed by atoms with Gasteiger partial charge in [0.05, 0.1) is 6.54 Å². The molecule has 0 spiro atoms. The summed E-state index contributed by atoms with van der Waals surface area (Å²) in [6, 6.07) is 8.44. The Morgan fingerprint density at radius 1 is 1.17 bits per heavy atom. The van der Waals surface area contributed by atoms with Crippen molar-refractivity contribution in [2.24, 2.45) is 0 Å². The smallest absolute Gasteiger partial charge is 0.313 e. The van der Waals surface area contributed by atoms with E-state index in [-0.39, 0.29) is 18.8 Å². The summed E-state index contributed by atoms with van der Waals surface area (Å²) in [7, 11) is 0. The SMILES string of the molecule is O=C(NC[C@@H]1COc2ccccc2O1)C(=O)Nc1c[nH]ccc1=O. The lowest BCUT2D eigenvalue weighted by Crippen LogP contribution is -2.44. The van der Waals surface area contributed by atoms with Crippen molar-refractivity contribution in [2.75, 3.05) is 18.5 Å². The monoisotopic (exact) mass is 329 g/mol. The highest BCUT2D eigenvalue weighted by molar-refractivity contribution is 6.39. The van der Waals surface area contributed by atoms with Crippen LogP contribution in [0, 0.1) is 0 Å². The predicted molar refractivity (Wildman–Crippen MR) is 85.1 cm³/mol. The molecule has 0 saturated heterocycles. The number of benzene rings is 1. The molecule has 8 heteroatoms. The van der Waals surface area contributed by atoms with Crippen LogP contribution in [0.25, 0.3) is 0 Å². The molecule has 1 aliphatic heterocycles. The van der Waals surface area contributed by atoms with Crippen LogP contribution in [0.15, 0.2) is 47.5 Å². The Labute approximate surface area is 136 Å². The van der Waals surface area contributed by atoms with Crippen LogP contribution in [0.3, 0.4) is 0 Å². The fraction of sp³-hybridized carbons (Fsp3) is 0.188. The maximum atomic E-state index is 11.8. The summed E-state index contributed by atoms with van der Waals surface area (Å²) < 4.78 is 11.2. The minimum atomic E-state index is -0.927. The number of rotatable bonds is 3. The molecule has 8 nitrogen and oxygen atoms in total. The number of carbonyl (C=O) groups excluding carboxylic acids is 2. The van der Waals surface area contributed by atoms with Crippen molar-refractivity contribution in [3.8, 4) is 11.5 Å². The second-order valence-corrected chi connectivity index (χ2v) is 5.08. The second-order valence-electron chi connectivity index (χ2n) is 5.08. The molecular formula is C16H15N3O5.